The van der Waals surface area contributed by atoms with E-state index in [4.69, 9.17) is 4.74 Å². The molecule has 0 aromatic carbocycles. The Morgan fingerprint density at radius 3 is 2.54 bits per heavy atom. The Morgan fingerprint density at radius 1 is 1.46 bits per heavy atom. The highest BCUT2D eigenvalue weighted by molar-refractivity contribution is 4.82. The Morgan fingerprint density at radius 2 is 2.08 bits per heavy atom. The molecular formula is C10H23NO2. The van der Waals surface area contributed by atoms with Gasteiger partial charge in [0.2, 0.25) is 0 Å². The summed E-state index contributed by atoms with van der Waals surface area (Å²) in [5.74, 6) is 0. The topological polar surface area (TPSA) is 41.5 Å². The van der Waals surface area contributed by atoms with Gasteiger partial charge in [0, 0.05) is 18.8 Å². The van der Waals surface area contributed by atoms with Crippen molar-refractivity contribution in [3.05, 3.63) is 0 Å². The average Bonchev–Trinajstić information content (AvgIpc) is 2.03. The summed E-state index contributed by atoms with van der Waals surface area (Å²) in [6.45, 7) is 10.2. The highest BCUT2D eigenvalue weighted by Gasteiger charge is 2.22. The van der Waals surface area contributed by atoms with Crippen LogP contribution < -0.4 is 5.32 Å². The molecule has 80 valence electrons. The molecular weight excluding hydrogens is 166 g/mol. The van der Waals surface area contributed by atoms with E-state index in [-0.39, 0.29) is 11.6 Å². The van der Waals surface area contributed by atoms with Gasteiger partial charge in [-0.15, -0.1) is 0 Å². The van der Waals surface area contributed by atoms with Crippen LogP contribution in [0.3, 0.4) is 0 Å². The maximum atomic E-state index is 9.39. The van der Waals surface area contributed by atoms with Gasteiger partial charge in [0.1, 0.15) is 0 Å². The second-order valence-corrected chi connectivity index (χ2v) is 3.87. The first-order chi connectivity index (χ1) is 6.00. The molecule has 3 heteroatoms. The molecule has 0 amide bonds. The van der Waals surface area contributed by atoms with E-state index >= 15 is 0 Å². The number of hydrogen-bond acceptors (Lipinski definition) is 3. The lowest BCUT2D eigenvalue weighted by molar-refractivity contribution is 0.0917. The molecule has 0 spiro atoms. The number of hydrogen-bond donors (Lipinski definition) is 2. The SMILES string of the molecule is CCOCCCNC(C)(C)C(C)O. The highest BCUT2D eigenvalue weighted by Crippen LogP contribution is 2.07. The summed E-state index contributed by atoms with van der Waals surface area (Å²) in [7, 11) is 0. The fourth-order valence-electron chi connectivity index (χ4n) is 0.877. The van der Waals surface area contributed by atoms with E-state index in [0.29, 0.717) is 0 Å². The molecule has 1 unspecified atom stereocenters. The van der Waals surface area contributed by atoms with Crippen LogP contribution in [0.4, 0.5) is 0 Å². The predicted molar refractivity (Wildman–Crippen MR) is 54.9 cm³/mol. The Balaban J connectivity index is 3.41. The zero-order valence-corrected chi connectivity index (χ0v) is 9.26. The van der Waals surface area contributed by atoms with Crippen molar-refractivity contribution >= 4 is 0 Å². The number of nitrogens with one attached hydrogen (secondary N) is 1. The van der Waals surface area contributed by atoms with Crippen molar-refractivity contribution in [3.8, 4) is 0 Å². The average molecular weight is 189 g/mol. The molecule has 0 heterocycles. The quantitative estimate of drug-likeness (QED) is 0.591. The maximum Gasteiger partial charge on any atom is 0.0688 e. The van der Waals surface area contributed by atoms with Crippen LogP contribution in [0.2, 0.25) is 0 Å². The fraction of sp³-hybridized carbons (Fsp3) is 1.00. The molecule has 0 aliphatic carbocycles. The van der Waals surface area contributed by atoms with Crippen molar-refractivity contribution < 1.29 is 9.84 Å². The standard InChI is InChI=1S/C10H23NO2/c1-5-13-8-6-7-11-10(3,4)9(2)12/h9,11-12H,5-8H2,1-4H3. The summed E-state index contributed by atoms with van der Waals surface area (Å²) in [5.41, 5.74) is -0.202. The Labute approximate surface area is 81.5 Å². The second-order valence-electron chi connectivity index (χ2n) is 3.87. The zero-order valence-electron chi connectivity index (χ0n) is 9.26. The van der Waals surface area contributed by atoms with Gasteiger partial charge >= 0.3 is 0 Å². The van der Waals surface area contributed by atoms with Crippen LogP contribution in [-0.4, -0.2) is 36.5 Å². The highest BCUT2D eigenvalue weighted by atomic mass is 16.5. The van der Waals surface area contributed by atoms with Crippen LogP contribution in [0.25, 0.3) is 0 Å². The lowest BCUT2D eigenvalue weighted by Crippen LogP contribution is -2.48. The van der Waals surface area contributed by atoms with E-state index in [1.165, 1.54) is 0 Å². The fourth-order valence-corrected chi connectivity index (χ4v) is 0.877. The summed E-state index contributed by atoms with van der Waals surface area (Å²) in [4.78, 5) is 0. The van der Waals surface area contributed by atoms with Gasteiger partial charge in [-0.25, -0.2) is 0 Å². The van der Waals surface area contributed by atoms with Crippen molar-refractivity contribution in [2.75, 3.05) is 19.8 Å². The lowest BCUT2D eigenvalue weighted by atomic mass is 9.99. The molecule has 0 rings (SSSR count). The molecule has 0 bridgehead atoms. The van der Waals surface area contributed by atoms with E-state index in [1.807, 2.05) is 20.8 Å². The monoisotopic (exact) mass is 189 g/mol. The largest absolute Gasteiger partial charge is 0.392 e. The smallest absolute Gasteiger partial charge is 0.0688 e. The van der Waals surface area contributed by atoms with E-state index in [0.717, 1.165) is 26.2 Å². The third-order valence-corrected chi connectivity index (χ3v) is 2.29. The number of ether oxygens (including phenoxy) is 1. The third-order valence-electron chi connectivity index (χ3n) is 2.29. The first kappa shape index (κ1) is 12.9. The van der Waals surface area contributed by atoms with Gasteiger partial charge in [-0.05, 0) is 40.7 Å². The first-order valence-corrected chi connectivity index (χ1v) is 5.01. The first-order valence-electron chi connectivity index (χ1n) is 5.01. The van der Waals surface area contributed by atoms with Gasteiger partial charge < -0.3 is 15.2 Å². The van der Waals surface area contributed by atoms with Crippen LogP contribution in [-0.2, 0) is 4.74 Å². The molecule has 1 atom stereocenters. The molecule has 2 N–H and O–H groups in total. The third kappa shape index (κ3) is 6.02. The van der Waals surface area contributed by atoms with E-state index < -0.39 is 0 Å². The summed E-state index contributed by atoms with van der Waals surface area (Å²) >= 11 is 0. The Hall–Kier alpha value is -0.120. The van der Waals surface area contributed by atoms with Crippen LogP contribution in [0.5, 0.6) is 0 Å². The number of rotatable bonds is 7. The van der Waals surface area contributed by atoms with Crippen LogP contribution >= 0.6 is 0 Å². The molecule has 0 aromatic rings. The summed E-state index contributed by atoms with van der Waals surface area (Å²) < 4.78 is 5.21. The lowest BCUT2D eigenvalue weighted by Gasteiger charge is -2.29. The van der Waals surface area contributed by atoms with E-state index in [2.05, 4.69) is 5.32 Å². The van der Waals surface area contributed by atoms with Gasteiger partial charge in [-0.1, -0.05) is 0 Å². The van der Waals surface area contributed by atoms with Crippen LogP contribution in [0, 0.1) is 0 Å². The minimum Gasteiger partial charge on any atom is -0.392 e. The molecule has 0 saturated heterocycles. The Kier molecular flexibility index (Phi) is 6.29. The Bertz CT molecular complexity index is 124. The molecule has 0 aliphatic rings. The van der Waals surface area contributed by atoms with Crippen molar-refractivity contribution in [3.63, 3.8) is 0 Å². The molecule has 0 fully saturated rings. The van der Waals surface area contributed by atoms with Gasteiger partial charge in [0.15, 0.2) is 0 Å². The molecule has 0 saturated carbocycles. The van der Waals surface area contributed by atoms with Gasteiger partial charge in [-0.3, -0.25) is 0 Å². The normalized spacial score (nSPS) is 14.5. The van der Waals surface area contributed by atoms with Crippen molar-refractivity contribution in [2.24, 2.45) is 0 Å². The molecule has 0 radical (unpaired) electrons. The molecule has 3 nitrogen and oxygen atoms in total. The van der Waals surface area contributed by atoms with E-state index in [1.54, 1.807) is 6.92 Å². The summed E-state index contributed by atoms with van der Waals surface area (Å²) in [6.07, 6.45) is 0.656. The van der Waals surface area contributed by atoms with Crippen LogP contribution in [0.15, 0.2) is 0 Å². The summed E-state index contributed by atoms with van der Waals surface area (Å²) in [5, 5.41) is 12.7. The summed E-state index contributed by atoms with van der Waals surface area (Å²) in [6, 6.07) is 0. The van der Waals surface area contributed by atoms with E-state index in [9.17, 15) is 5.11 Å². The molecule has 0 aliphatic heterocycles. The number of aliphatic hydroxyl groups excluding tert-OH is 1. The number of aliphatic hydroxyl groups is 1. The minimum atomic E-state index is -0.334. The predicted octanol–water partition coefficient (Wildman–Crippen LogP) is 1.16. The van der Waals surface area contributed by atoms with Gasteiger partial charge in [0.05, 0.1) is 6.10 Å². The van der Waals surface area contributed by atoms with Crippen molar-refractivity contribution in [1.29, 1.82) is 0 Å². The maximum absolute atomic E-state index is 9.39. The van der Waals surface area contributed by atoms with Crippen molar-refractivity contribution in [1.82, 2.24) is 5.32 Å². The minimum absolute atomic E-state index is 0.202. The molecule has 0 aromatic heterocycles. The van der Waals surface area contributed by atoms with Crippen molar-refractivity contribution in [2.45, 2.75) is 45.8 Å². The van der Waals surface area contributed by atoms with Gasteiger partial charge in [0.25, 0.3) is 0 Å². The molecule has 13 heavy (non-hydrogen) atoms. The second kappa shape index (κ2) is 6.35. The van der Waals surface area contributed by atoms with Crippen LogP contribution in [0.1, 0.15) is 34.1 Å². The van der Waals surface area contributed by atoms with Gasteiger partial charge in [-0.2, -0.15) is 0 Å². The zero-order chi connectivity index (χ0) is 10.3.